The molecular weight excluding hydrogens is 256 g/mol. The van der Waals surface area contributed by atoms with Crippen LogP contribution in [0, 0.1) is 0 Å². The minimum absolute atomic E-state index is 0.141. The maximum Gasteiger partial charge on any atom is 0.305 e. The SMILES string of the molecule is COC(=O)CCCCCCCCC1=C(C=O)CCC1=O. The van der Waals surface area contributed by atoms with Gasteiger partial charge in [-0.15, -0.1) is 0 Å². The molecule has 0 saturated heterocycles. The summed E-state index contributed by atoms with van der Waals surface area (Å²) in [5, 5.41) is 0. The molecule has 0 spiro atoms. The molecule has 0 aromatic heterocycles. The van der Waals surface area contributed by atoms with E-state index >= 15 is 0 Å². The molecule has 4 nitrogen and oxygen atoms in total. The zero-order valence-corrected chi connectivity index (χ0v) is 12.3. The highest BCUT2D eigenvalue weighted by Crippen LogP contribution is 2.25. The van der Waals surface area contributed by atoms with Gasteiger partial charge in [0.1, 0.15) is 6.29 Å². The van der Waals surface area contributed by atoms with Gasteiger partial charge in [0.2, 0.25) is 0 Å². The smallest absolute Gasteiger partial charge is 0.305 e. The summed E-state index contributed by atoms with van der Waals surface area (Å²) in [4.78, 5) is 33.3. The summed E-state index contributed by atoms with van der Waals surface area (Å²) in [5.74, 6) is 0.0169. The summed E-state index contributed by atoms with van der Waals surface area (Å²) in [6.45, 7) is 0. The fourth-order valence-corrected chi connectivity index (χ4v) is 2.54. The van der Waals surface area contributed by atoms with Crippen molar-refractivity contribution in [1.82, 2.24) is 0 Å². The van der Waals surface area contributed by atoms with Crippen molar-refractivity contribution in [2.45, 2.75) is 64.2 Å². The van der Waals surface area contributed by atoms with Crippen LogP contribution in [0.25, 0.3) is 0 Å². The molecule has 0 atom stereocenters. The second kappa shape index (κ2) is 9.45. The number of unbranched alkanes of at least 4 members (excludes halogenated alkanes) is 5. The van der Waals surface area contributed by atoms with Crippen molar-refractivity contribution >= 4 is 18.0 Å². The van der Waals surface area contributed by atoms with E-state index in [1.807, 2.05) is 0 Å². The first-order chi connectivity index (χ1) is 9.69. The summed E-state index contributed by atoms with van der Waals surface area (Å²) in [7, 11) is 1.41. The molecular formula is C16H24O4. The van der Waals surface area contributed by atoms with E-state index in [9.17, 15) is 14.4 Å². The van der Waals surface area contributed by atoms with Gasteiger partial charge in [0.15, 0.2) is 5.78 Å². The van der Waals surface area contributed by atoms with Gasteiger partial charge in [-0.25, -0.2) is 0 Å². The number of Topliss-reactive ketones (excluding diaryl/α,β-unsaturated/α-hetero) is 1. The standard InChI is InChI=1S/C16H24O4/c1-20-16(19)9-7-5-3-2-4-6-8-14-13(12-17)10-11-15(14)18/h12H,2-11H2,1H3. The van der Waals surface area contributed by atoms with E-state index in [-0.39, 0.29) is 11.8 Å². The van der Waals surface area contributed by atoms with Crippen LogP contribution in [0.1, 0.15) is 64.2 Å². The second-order valence-corrected chi connectivity index (χ2v) is 5.24. The number of aldehydes is 1. The fraction of sp³-hybridized carbons (Fsp3) is 0.688. The van der Waals surface area contributed by atoms with Crippen LogP contribution >= 0.6 is 0 Å². The van der Waals surface area contributed by atoms with Gasteiger partial charge in [-0.2, -0.15) is 0 Å². The third kappa shape index (κ3) is 5.68. The molecule has 1 rings (SSSR count). The Labute approximate surface area is 120 Å². The molecule has 0 N–H and O–H groups in total. The quantitative estimate of drug-likeness (QED) is 0.350. The molecule has 0 fully saturated rings. The summed E-state index contributed by atoms with van der Waals surface area (Å²) in [5.41, 5.74) is 1.48. The van der Waals surface area contributed by atoms with E-state index in [0.29, 0.717) is 24.8 Å². The van der Waals surface area contributed by atoms with Gasteiger partial charge in [0.25, 0.3) is 0 Å². The van der Waals surface area contributed by atoms with Crippen molar-refractivity contribution < 1.29 is 19.1 Å². The highest BCUT2D eigenvalue weighted by molar-refractivity contribution is 6.03. The Bertz CT molecular complexity index is 382. The maximum absolute atomic E-state index is 11.6. The summed E-state index contributed by atoms with van der Waals surface area (Å²) in [6.07, 6.45) is 9.40. The normalized spacial score (nSPS) is 14.8. The first kappa shape index (κ1) is 16.6. The molecule has 20 heavy (non-hydrogen) atoms. The molecule has 0 saturated carbocycles. The number of ether oxygens (including phenoxy) is 1. The number of carbonyl (C=O) groups excluding carboxylic acids is 3. The summed E-state index contributed by atoms with van der Waals surface area (Å²) in [6, 6.07) is 0. The van der Waals surface area contributed by atoms with E-state index in [4.69, 9.17) is 0 Å². The van der Waals surface area contributed by atoms with Gasteiger partial charge in [-0.3, -0.25) is 14.4 Å². The molecule has 1 aliphatic rings. The lowest BCUT2D eigenvalue weighted by Gasteiger charge is -2.03. The van der Waals surface area contributed by atoms with Gasteiger partial charge in [-0.05, 0) is 31.3 Å². The monoisotopic (exact) mass is 280 g/mol. The number of allylic oxidation sites excluding steroid dienone is 2. The molecule has 0 radical (unpaired) electrons. The Morgan fingerprint density at radius 2 is 1.75 bits per heavy atom. The number of methoxy groups -OCH3 is 1. The molecule has 0 aromatic rings. The van der Waals surface area contributed by atoms with Crippen LogP contribution in [0.5, 0.6) is 0 Å². The van der Waals surface area contributed by atoms with Crippen molar-refractivity contribution in [3.8, 4) is 0 Å². The average molecular weight is 280 g/mol. The molecule has 1 aliphatic carbocycles. The minimum Gasteiger partial charge on any atom is -0.469 e. The van der Waals surface area contributed by atoms with Crippen LogP contribution < -0.4 is 0 Å². The van der Waals surface area contributed by atoms with Crippen LogP contribution in [0.2, 0.25) is 0 Å². The molecule has 4 heteroatoms. The molecule has 0 aromatic carbocycles. The van der Waals surface area contributed by atoms with E-state index in [1.165, 1.54) is 7.11 Å². The molecule has 112 valence electrons. The Balaban J connectivity index is 2.04. The van der Waals surface area contributed by atoms with Crippen molar-refractivity contribution in [1.29, 1.82) is 0 Å². The molecule has 0 heterocycles. The first-order valence-electron chi connectivity index (χ1n) is 7.46. The van der Waals surface area contributed by atoms with Gasteiger partial charge >= 0.3 is 5.97 Å². The van der Waals surface area contributed by atoms with Crippen LogP contribution in [-0.2, 0) is 19.1 Å². The topological polar surface area (TPSA) is 60.4 Å². The van der Waals surface area contributed by atoms with Crippen LogP contribution in [0.3, 0.4) is 0 Å². The fourth-order valence-electron chi connectivity index (χ4n) is 2.54. The zero-order valence-electron chi connectivity index (χ0n) is 12.3. The maximum atomic E-state index is 11.6. The van der Waals surface area contributed by atoms with E-state index in [2.05, 4.69) is 4.74 Å². The van der Waals surface area contributed by atoms with Crippen LogP contribution in [-0.4, -0.2) is 25.1 Å². The predicted molar refractivity (Wildman–Crippen MR) is 76.3 cm³/mol. The highest BCUT2D eigenvalue weighted by Gasteiger charge is 2.21. The Hall–Kier alpha value is -1.45. The van der Waals surface area contributed by atoms with E-state index < -0.39 is 0 Å². The first-order valence-corrected chi connectivity index (χ1v) is 7.46. The van der Waals surface area contributed by atoms with E-state index in [0.717, 1.165) is 56.8 Å². The van der Waals surface area contributed by atoms with Crippen LogP contribution in [0.15, 0.2) is 11.1 Å². The third-order valence-electron chi connectivity index (χ3n) is 3.77. The molecule has 0 amide bonds. The van der Waals surface area contributed by atoms with Crippen molar-refractivity contribution in [3.05, 3.63) is 11.1 Å². The number of esters is 1. The Morgan fingerprint density at radius 3 is 2.40 bits per heavy atom. The van der Waals surface area contributed by atoms with Gasteiger partial charge in [-0.1, -0.05) is 25.7 Å². The lowest BCUT2D eigenvalue weighted by Crippen LogP contribution is -1.99. The Kier molecular flexibility index (Phi) is 7.85. The summed E-state index contributed by atoms with van der Waals surface area (Å²) < 4.78 is 4.58. The van der Waals surface area contributed by atoms with Gasteiger partial charge in [0.05, 0.1) is 7.11 Å². The zero-order chi connectivity index (χ0) is 14.8. The molecule has 0 bridgehead atoms. The predicted octanol–water partition coefficient (Wildman–Crippen LogP) is 3.14. The van der Waals surface area contributed by atoms with Crippen molar-refractivity contribution in [2.24, 2.45) is 0 Å². The Morgan fingerprint density at radius 1 is 1.10 bits per heavy atom. The molecule has 0 unspecified atom stereocenters. The van der Waals surface area contributed by atoms with Gasteiger partial charge < -0.3 is 4.74 Å². The highest BCUT2D eigenvalue weighted by atomic mass is 16.5. The lowest BCUT2D eigenvalue weighted by molar-refractivity contribution is -0.140. The van der Waals surface area contributed by atoms with Crippen molar-refractivity contribution in [2.75, 3.05) is 7.11 Å². The van der Waals surface area contributed by atoms with Crippen LogP contribution in [0.4, 0.5) is 0 Å². The average Bonchev–Trinajstić information content (AvgIpc) is 2.82. The number of hydrogen-bond donors (Lipinski definition) is 0. The third-order valence-corrected chi connectivity index (χ3v) is 3.77. The largest absolute Gasteiger partial charge is 0.469 e. The number of carbonyl (C=O) groups is 3. The lowest BCUT2D eigenvalue weighted by atomic mass is 10.0. The van der Waals surface area contributed by atoms with E-state index in [1.54, 1.807) is 0 Å². The molecule has 0 aliphatic heterocycles. The minimum atomic E-state index is -0.141. The number of rotatable bonds is 10. The second-order valence-electron chi connectivity index (χ2n) is 5.24. The van der Waals surface area contributed by atoms with Gasteiger partial charge in [0, 0.05) is 18.4 Å². The summed E-state index contributed by atoms with van der Waals surface area (Å²) >= 11 is 0. The number of hydrogen-bond acceptors (Lipinski definition) is 4. The van der Waals surface area contributed by atoms with Crippen molar-refractivity contribution in [3.63, 3.8) is 0 Å². The number of ketones is 1.